The van der Waals surface area contributed by atoms with Crippen LogP contribution in [0.1, 0.15) is 16.8 Å². The summed E-state index contributed by atoms with van der Waals surface area (Å²) >= 11 is 1.39. The topological polar surface area (TPSA) is 60.2 Å². The molecule has 15 heavy (non-hydrogen) atoms. The fourth-order valence-corrected chi connectivity index (χ4v) is 1.78. The first kappa shape index (κ1) is 11.8. The van der Waals surface area contributed by atoms with Crippen molar-refractivity contribution in [3.8, 4) is 0 Å². The van der Waals surface area contributed by atoms with Crippen LogP contribution in [0.4, 0.5) is 0 Å². The van der Waals surface area contributed by atoms with Crippen molar-refractivity contribution in [1.82, 2.24) is 0 Å². The zero-order chi connectivity index (χ0) is 11.1. The molecule has 0 radical (unpaired) electrons. The first-order valence-electron chi connectivity index (χ1n) is 4.64. The average Bonchev–Trinajstić information content (AvgIpc) is 2.25. The first-order chi connectivity index (χ1) is 7.20. The van der Waals surface area contributed by atoms with E-state index in [1.807, 2.05) is 18.2 Å². The van der Waals surface area contributed by atoms with Gasteiger partial charge < -0.3 is 5.73 Å². The molecule has 80 valence electrons. The summed E-state index contributed by atoms with van der Waals surface area (Å²) in [6.45, 7) is 0. The van der Waals surface area contributed by atoms with Crippen molar-refractivity contribution in [2.75, 3.05) is 11.5 Å². The van der Waals surface area contributed by atoms with E-state index in [1.165, 1.54) is 11.8 Å². The Hall–Kier alpha value is -1.29. The molecular weight excluding hydrogens is 210 g/mol. The number of thioether (sulfide) groups is 1. The summed E-state index contributed by atoms with van der Waals surface area (Å²) in [5, 5.41) is 0. The maximum absolute atomic E-state index is 11.6. The van der Waals surface area contributed by atoms with Gasteiger partial charge in [-0.25, -0.2) is 0 Å². The molecule has 3 nitrogen and oxygen atoms in total. The normalized spacial score (nSPS) is 9.87. The van der Waals surface area contributed by atoms with Crippen LogP contribution < -0.4 is 5.73 Å². The van der Waals surface area contributed by atoms with Gasteiger partial charge in [0.2, 0.25) is 5.91 Å². The number of hydrogen-bond acceptors (Lipinski definition) is 3. The zero-order valence-electron chi connectivity index (χ0n) is 8.31. The van der Waals surface area contributed by atoms with E-state index in [4.69, 9.17) is 5.73 Å². The molecule has 0 heterocycles. The lowest BCUT2D eigenvalue weighted by atomic mass is 10.1. The van der Waals surface area contributed by atoms with Gasteiger partial charge in [0, 0.05) is 17.7 Å². The Morgan fingerprint density at radius 1 is 1.20 bits per heavy atom. The molecule has 0 saturated carbocycles. The number of amides is 1. The van der Waals surface area contributed by atoms with E-state index in [0.29, 0.717) is 12.2 Å². The van der Waals surface area contributed by atoms with Gasteiger partial charge in [-0.3, -0.25) is 9.59 Å². The summed E-state index contributed by atoms with van der Waals surface area (Å²) in [5.41, 5.74) is 5.70. The lowest BCUT2D eigenvalue weighted by Gasteiger charge is -1.99. The molecular formula is C11H13NO2S. The minimum atomic E-state index is -0.341. The molecule has 0 aliphatic carbocycles. The third kappa shape index (κ3) is 4.65. The number of hydrogen-bond donors (Lipinski definition) is 1. The van der Waals surface area contributed by atoms with Crippen LogP contribution in [0, 0.1) is 0 Å². The van der Waals surface area contributed by atoms with Crippen molar-refractivity contribution in [2.45, 2.75) is 6.42 Å². The van der Waals surface area contributed by atoms with Crippen LogP contribution in [0.5, 0.6) is 0 Å². The number of rotatable bonds is 6. The van der Waals surface area contributed by atoms with E-state index < -0.39 is 0 Å². The van der Waals surface area contributed by atoms with Crippen LogP contribution in [-0.2, 0) is 4.79 Å². The molecule has 0 bridgehead atoms. The highest BCUT2D eigenvalue weighted by molar-refractivity contribution is 7.99. The van der Waals surface area contributed by atoms with Crippen molar-refractivity contribution in [3.63, 3.8) is 0 Å². The Morgan fingerprint density at radius 2 is 1.87 bits per heavy atom. The third-order valence-electron chi connectivity index (χ3n) is 1.81. The van der Waals surface area contributed by atoms with E-state index in [-0.39, 0.29) is 17.4 Å². The number of benzene rings is 1. The highest BCUT2D eigenvalue weighted by atomic mass is 32.2. The van der Waals surface area contributed by atoms with E-state index in [1.54, 1.807) is 12.1 Å². The van der Waals surface area contributed by atoms with Gasteiger partial charge in [0.15, 0.2) is 5.78 Å². The predicted octanol–water partition coefficient (Wildman–Crippen LogP) is 1.48. The van der Waals surface area contributed by atoms with Crippen molar-refractivity contribution >= 4 is 23.5 Å². The van der Waals surface area contributed by atoms with Gasteiger partial charge >= 0.3 is 0 Å². The Bertz CT molecular complexity index is 338. The van der Waals surface area contributed by atoms with Crippen molar-refractivity contribution in [2.24, 2.45) is 5.73 Å². The average molecular weight is 223 g/mol. The van der Waals surface area contributed by atoms with Gasteiger partial charge in [0.1, 0.15) is 0 Å². The maximum atomic E-state index is 11.6. The highest BCUT2D eigenvalue weighted by Gasteiger charge is 2.04. The number of nitrogens with two attached hydrogens (primary N) is 1. The number of carbonyl (C=O) groups is 2. The molecule has 0 spiro atoms. The van der Waals surface area contributed by atoms with E-state index in [2.05, 4.69) is 0 Å². The molecule has 0 saturated heterocycles. The molecule has 0 aromatic heterocycles. The van der Waals surface area contributed by atoms with E-state index >= 15 is 0 Å². The first-order valence-corrected chi connectivity index (χ1v) is 5.80. The van der Waals surface area contributed by atoms with Crippen molar-refractivity contribution in [1.29, 1.82) is 0 Å². The Kier molecular flexibility index (Phi) is 4.90. The second-order valence-electron chi connectivity index (χ2n) is 3.06. The highest BCUT2D eigenvalue weighted by Crippen LogP contribution is 2.07. The molecule has 1 amide bonds. The minimum Gasteiger partial charge on any atom is -0.369 e. The lowest BCUT2D eigenvalue weighted by Crippen LogP contribution is -2.13. The fourth-order valence-electron chi connectivity index (χ4n) is 1.11. The van der Waals surface area contributed by atoms with Crippen molar-refractivity contribution in [3.05, 3.63) is 35.9 Å². The van der Waals surface area contributed by atoms with Crippen LogP contribution in [0.15, 0.2) is 30.3 Å². The molecule has 1 aromatic carbocycles. The largest absolute Gasteiger partial charge is 0.369 e. The summed E-state index contributed by atoms with van der Waals surface area (Å²) in [6.07, 6.45) is 0.446. The van der Waals surface area contributed by atoms with Crippen molar-refractivity contribution < 1.29 is 9.59 Å². The van der Waals surface area contributed by atoms with Crippen LogP contribution in [0.2, 0.25) is 0 Å². The zero-order valence-corrected chi connectivity index (χ0v) is 9.13. The van der Waals surface area contributed by atoms with Gasteiger partial charge in [0.05, 0.1) is 5.75 Å². The number of Topliss-reactive ketones (excluding diaryl/α,β-unsaturated/α-hetero) is 1. The SMILES string of the molecule is NC(=O)CSCCC(=O)c1ccccc1. The summed E-state index contributed by atoms with van der Waals surface area (Å²) < 4.78 is 0. The van der Waals surface area contributed by atoms with E-state index in [0.717, 1.165) is 5.56 Å². The summed E-state index contributed by atoms with van der Waals surface area (Å²) in [4.78, 5) is 22.0. The van der Waals surface area contributed by atoms with Crippen LogP contribution >= 0.6 is 11.8 Å². The lowest BCUT2D eigenvalue weighted by molar-refractivity contribution is -0.115. The van der Waals surface area contributed by atoms with Gasteiger partial charge in [0.25, 0.3) is 0 Å². The molecule has 0 aliphatic heterocycles. The Morgan fingerprint density at radius 3 is 2.47 bits per heavy atom. The smallest absolute Gasteiger partial charge is 0.227 e. The molecule has 2 N–H and O–H groups in total. The van der Waals surface area contributed by atoms with E-state index in [9.17, 15) is 9.59 Å². The molecule has 0 atom stereocenters. The fraction of sp³-hybridized carbons (Fsp3) is 0.273. The monoisotopic (exact) mass is 223 g/mol. The molecule has 0 fully saturated rings. The molecule has 0 unspecified atom stereocenters. The molecule has 0 aliphatic rings. The summed E-state index contributed by atoms with van der Waals surface area (Å²) in [5.74, 6) is 0.679. The third-order valence-corrected chi connectivity index (χ3v) is 2.79. The molecule has 1 aromatic rings. The minimum absolute atomic E-state index is 0.104. The number of carbonyl (C=O) groups excluding carboxylic acids is 2. The predicted molar refractivity (Wildman–Crippen MR) is 61.9 cm³/mol. The van der Waals surface area contributed by atoms with Gasteiger partial charge in [-0.1, -0.05) is 30.3 Å². The standard InChI is InChI=1S/C11H13NO2S/c12-11(14)8-15-7-6-10(13)9-4-2-1-3-5-9/h1-5H,6-8H2,(H2,12,14). The van der Waals surface area contributed by atoms with Crippen LogP contribution in [-0.4, -0.2) is 23.2 Å². The number of ketones is 1. The molecule has 4 heteroatoms. The second kappa shape index (κ2) is 6.24. The van der Waals surface area contributed by atoms with Crippen LogP contribution in [0.3, 0.4) is 0 Å². The maximum Gasteiger partial charge on any atom is 0.227 e. The van der Waals surface area contributed by atoms with Crippen LogP contribution in [0.25, 0.3) is 0 Å². The summed E-state index contributed by atoms with van der Waals surface area (Å²) in [7, 11) is 0. The molecule has 1 rings (SSSR count). The van der Waals surface area contributed by atoms with Gasteiger partial charge in [-0.15, -0.1) is 0 Å². The quantitative estimate of drug-likeness (QED) is 0.587. The second-order valence-corrected chi connectivity index (χ2v) is 4.16. The summed E-state index contributed by atoms with van der Waals surface area (Å²) in [6, 6.07) is 9.13. The Balaban J connectivity index is 2.28. The van der Waals surface area contributed by atoms with Gasteiger partial charge in [-0.2, -0.15) is 11.8 Å². The Labute approximate surface area is 93.0 Å². The number of primary amides is 1. The van der Waals surface area contributed by atoms with Gasteiger partial charge in [-0.05, 0) is 0 Å².